The summed E-state index contributed by atoms with van der Waals surface area (Å²) >= 11 is 0. The van der Waals surface area contributed by atoms with Crippen molar-refractivity contribution in [3.05, 3.63) is 46.3 Å². The minimum absolute atomic E-state index is 0.0768. The maximum Gasteiger partial charge on any atom is 0.340 e. The molecule has 116 valence electrons. The van der Waals surface area contributed by atoms with Crippen LogP contribution in [0.25, 0.3) is 0 Å². The van der Waals surface area contributed by atoms with E-state index in [0.29, 0.717) is 22.7 Å². The van der Waals surface area contributed by atoms with E-state index in [1.54, 1.807) is 26.0 Å². The van der Waals surface area contributed by atoms with Gasteiger partial charge in [-0.3, -0.25) is 4.79 Å². The minimum Gasteiger partial charge on any atom is -0.457 e. The summed E-state index contributed by atoms with van der Waals surface area (Å²) in [5.74, 6) is -0.127. The molecule has 0 aliphatic heterocycles. The molecule has 0 saturated heterocycles. The third kappa shape index (κ3) is 3.33. The molecule has 2 aromatic rings. The van der Waals surface area contributed by atoms with Crippen molar-refractivity contribution in [2.75, 3.05) is 5.32 Å². The fourth-order valence-electron chi connectivity index (χ4n) is 2.10. The van der Waals surface area contributed by atoms with Crippen molar-refractivity contribution in [2.24, 2.45) is 0 Å². The first-order valence-corrected chi connectivity index (χ1v) is 6.86. The van der Waals surface area contributed by atoms with Crippen LogP contribution in [0.3, 0.4) is 0 Å². The van der Waals surface area contributed by atoms with E-state index in [9.17, 15) is 9.59 Å². The summed E-state index contributed by atoms with van der Waals surface area (Å²) in [6, 6.07) is 5.18. The number of anilines is 1. The number of aromatic nitrogens is 1. The molecule has 1 aromatic heterocycles. The second kappa shape index (κ2) is 6.43. The highest BCUT2D eigenvalue weighted by molar-refractivity contribution is 6.01. The van der Waals surface area contributed by atoms with Gasteiger partial charge in [0, 0.05) is 6.92 Å². The van der Waals surface area contributed by atoms with Crippen LogP contribution in [-0.4, -0.2) is 17.0 Å². The molecular weight excluding hydrogens is 284 g/mol. The van der Waals surface area contributed by atoms with Crippen molar-refractivity contribution in [1.29, 1.82) is 0 Å². The number of esters is 1. The molecular formula is C16H18N2O4. The Labute approximate surface area is 128 Å². The standard InChI is InChI=1S/C16H18N2O4/c1-9-6-5-7-13(15(9)17-12(4)19)16(20)21-8-14-10(2)18-22-11(14)3/h5-7H,8H2,1-4H3,(H,17,19). The average Bonchev–Trinajstić information content (AvgIpc) is 2.77. The molecule has 1 amide bonds. The number of nitrogens with zero attached hydrogens (tertiary/aromatic N) is 1. The van der Waals surface area contributed by atoms with E-state index in [-0.39, 0.29) is 12.5 Å². The van der Waals surface area contributed by atoms with Crippen LogP contribution < -0.4 is 5.32 Å². The fourth-order valence-corrected chi connectivity index (χ4v) is 2.10. The number of carbonyl (C=O) groups is 2. The molecule has 1 heterocycles. The number of ether oxygens (including phenoxy) is 1. The zero-order valence-corrected chi connectivity index (χ0v) is 13.0. The van der Waals surface area contributed by atoms with Crippen LogP contribution in [0.5, 0.6) is 0 Å². The van der Waals surface area contributed by atoms with Gasteiger partial charge in [0.1, 0.15) is 12.4 Å². The topological polar surface area (TPSA) is 81.4 Å². The molecule has 0 aliphatic carbocycles. The predicted molar refractivity (Wildman–Crippen MR) is 80.6 cm³/mol. The van der Waals surface area contributed by atoms with Gasteiger partial charge in [-0.1, -0.05) is 17.3 Å². The van der Waals surface area contributed by atoms with Crippen LogP contribution in [-0.2, 0) is 16.1 Å². The second-order valence-electron chi connectivity index (χ2n) is 5.06. The average molecular weight is 302 g/mol. The summed E-state index contributed by atoms with van der Waals surface area (Å²) in [4.78, 5) is 23.6. The lowest BCUT2D eigenvalue weighted by Gasteiger charge is -2.12. The van der Waals surface area contributed by atoms with Gasteiger partial charge in [0.25, 0.3) is 0 Å². The normalized spacial score (nSPS) is 10.4. The van der Waals surface area contributed by atoms with Crippen LogP contribution in [0.1, 0.15) is 39.9 Å². The molecule has 1 aromatic carbocycles. The molecule has 0 radical (unpaired) electrons. The zero-order valence-electron chi connectivity index (χ0n) is 13.0. The van der Waals surface area contributed by atoms with E-state index in [1.165, 1.54) is 6.92 Å². The molecule has 0 atom stereocenters. The largest absolute Gasteiger partial charge is 0.457 e. The summed E-state index contributed by atoms with van der Waals surface area (Å²) in [5, 5.41) is 6.48. The molecule has 0 saturated carbocycles. The first-order chi connectivity index (χ1) is 10.4. The van der Waals surface area contributed by atoms with Gasteiger partial charge in [0.15, 0.2) is 0 Å². The Morgan fingerprint density at radius 3 is 2.59 bits per heavy atom. The van der Waals surface area contributed by atoms with Crippen LogP contribution in [0.2, 0.25) is 0 Å². The number of hydrogen-bond acceptors (Lipinski definition) is 5. The fraction of sp³-hybridized carbons (Fsp3) is 0.312. The number of benzene rings is 1. The van der Waals surface area contributed by atoms with Gasteiger partial charge >= 0.3 is 5.97 Å². The van der Waals surface area contributed by atoms with Crippen LogP contribution in [0.4, 0.5) is 5.69 Å². The predicted octanol–water partition coefficient (Wildman–Crippen LogP) is 2.92. The number of para-hydroxylation sites is 1. The number of carbonyl (C=O) groups excluding carboxylic acids is 2. The van der Waals surface area contributed by atoms with Gasteiger partial charge in [-0.25, -0.2) is 4.79 Å². The molecule has 6 heteroatoms. The number of hydrogen-bond donors (Lipinski definition) is 1. The number of rotatable bonds is 4. The van der Waals surface area contributed by atoms with Gasteiger partial charge in [-0.15, -0.1) is 0 Å². The number of amides is 1. The van der Waals surface area contributed by atoms with E-state index in [2.05, 4.69) is 10.5 Å². The van der Waals surface area contributed by atoms with E-state index in [4.69, 9.17) is 9.26 Å². The molecule has 2 rings (SSSR count). The number of nitrogens with one attached hydrogen (secondary N) is 1. The Hall–Kier alpha value is -2.63. The molecule has 0 unspecified atom stereocenters. The number of aryl methyl sites for hydroxylation is 3. The third-order valence-corrected chi connectivity index (χ3v) is 3.32. The molecule has 0 bridgehead atoms. The molecule has 6 nitrogen and oxygen atoms in total. The van der Waals surface area contributed by atoms with Crippen LogP contribution in [0, 0.1) is 20.8 Å². The minimum atomic E-state index is -0.507. The smallest absolute Gasteiger partial charge is 0.340 e. The molecule has 0 aliphatic rings. The van der Waals surface area contributed by atoms with Gasteiger partial charge in [-0.2, -0.15) is 0 Å². The Bertz CT molecular complexity index is 699. The highest BCUT2D eigenvalue weighted by Crippen LogP contribution is 2.22. The van der Waals surface area contributed by atoms with Gasteiger partial charge in [0.2, 0.25) is 5.91 Å². The van der Waals surface area contributed by atoms with Gasteiger partial charge < -0.3 is 14.6 Å². The third-order valence-electron chi connectivity index (χ3n) is 3.32. The van der Waals surface area contributed by atoms with Gasteiger partial charge in [0.05, 0.1) is 22.5 Å². The van der Waals surface area contributed by atoms with Crippen molar-refractivity contribution >= 4 is 17.6 Å². The summed E-state index contributed by atoms with van der Waals surface area (Å²) in [6.45, 7) is 6.84. The van der Waals surface area contributed by atoms with Crippen LogP contribution in [0.15, 0.2) is 22.7 Å². The van der Waals surface area contributed by atoms with Gasteiger partial charge in [-0.05, 0) is 32.4 Å². The van der Waals surface area contributed by atoms with Crippen molar-refractivity contribution < 1.29 is 18.8 Å². The van der Waals surface area contributed by atoms with E-state index in [1.807, 2.05) is 13.0 Å². The van der Waals surface area contributed by atoms with Crippen LogP contribution >= 0.6 is 0 Å². The SMILES string of the molecule is CC(=O)Nc1c(C)cccc1C(=O)OCc1c(C)noc1C. The molecule has 0 fully saturated rings. The van der Waals surface area contributed by atoms with Crippen molar-refractivity contribution in [3.63, 3.8) is 0 Å². The first kappa shape index (κ1) is 15.8. The molecule has 1 N–H and O–H groups in total. The van der Waals surface area contributed by atoms with E-state index < -0.39 is 5.97 Å². The maximum absolute atomic E-state index is 12.3. The quantitative estimate of drug-likeness (QED) is 0.878. The summed E-state index contributed by atoms with van der Waals surface area (Å²) in [5.41, 5.74) is 3.03. The Kier molecular flexibility index (Phi) is 4.60. The zero-order chi connectivity index (χ0) is 16.3. The Morgan fingerprint density at radius 2 is 2.00 bits per heavy atom. The highest BCUT2D eigenvalue weighted by Gasteiger charge is 2.17. The Morgan fingerprint density at radius 1 is 1.27 bits per heavy atom. The first-order valence-electron chi connectivity index (χ1n) is 6.86. The van der Waals surface area contributed by atoms with Crippen molar-refractivity contribution in [3.8, 4) is 0 Å². The van der Waals surface area contributed by atoms with Crippen molar-refractivity contribution in [2.45, 2.75) is 34.3 Å². The lowest BCUT2D eigenvalue weighted by Crippen LogP contribution is -2.14. The summed E-state index contributed by atoms with van der Waals surface area (Å²) in [7, 11) is 0. The highest BCUT2D eigenvalue weighted by atomic mass is 16.5. The monoisotopic (exact) mass is 302 g/mol. The lowest BCUT2D eigenvalue weighted by molar-refractivity contribution is -0.114. The summed E-state index contributed by atoms with van der Waals surface area (Å²) in [6.07, 6.45) is 0. The second-order valence-corrected chi connectivity index (χ2v) is 5.06. The van der Waals surface area contributed by atoms with E-state index in [0.717, 1.165) is 11.1 Å². The lowest BCUT2D eigenvalue weighted by atomic mass is 10.1. The molecule has 0 spiro atoms. The Balaban J connectivity index is 2.19. The van der Waals surface area contributed by atoms with E-state index >= 15 is 0 Å². The summed E-state index contributed by atoms with van der Waals surface area (Å²) < 4.78 is 10.4. The van der Waals surface area contributed by atoms with Crippen molar-refractivity contribution in [1.82, 2.24) is 5.16 Å². The molecule has 22 heavy (non-hydrogen) atoms. The maximum atomic E-state index is 12.3.